The molecule has 4 atom stereocenters. The Kier molecular flexibility index (Phi) is 5.08. The average Bonchev–Trinajstić information content (AvgIpc) is 2.63. The first-order valence-electron chi connectivity index (χ1n) is 8.51. The van der Waals surface area contributed by atoms with E-state index in [9.17, 15) is 13.8 Å². The Balaban J connectivity index is 1.94. The molecule has 0 bridgehead atoms. The van der Waals surface area contributed by atoms with Crippen LogP contribution >= 0.6 is 0 Å². The number of amides is 1. The summed E-state index contributed by atoms with van der Waals surface area (Å²) in [6, 6.07) is 7.28. The van der Waals surface area contributed by atoms with E-state index in [2.05, 4.69) is 10.0 Å². The lowest BCUT2D eigenvalue weighted by atomic mass is 9.86. The minimum atomic E-state index is -1.43. The normalized spacial score (nSPS) is 25.4. The number of hydrogen-bond donors (Lipinski definition) is 0. The maximum absolute atomic E-state index is 13.0. The van der Waals surface area contributed by atoms with Crippen molar-refractivity contribution in [3.05, 3.63) is 52.5 Å². The molecule has 0 aromatic heterocycles. The second kappa shape index (κ2) is 7.17. The van der Waals surface area contributed by atoms with Crippen LogP contribution in [0.1, 0.15) is 27.2 Å². The molecule has 27 heavy (non-hydrogen) atoms. The Morgan fingerprint density at radius 3 is 2.59 bits per heavy atom. The Labute approximate surface area is 159 Å². The number of fused-ring (bicyclic) bond motifs is 1. The first kappa shape index (κ1) is 19.1. The monoisotopic (exact) mass is 388 g/mol. The number of ether oxygens (including phenoxy) is 1. The Bertz CT molecular complexity index is 871. The summed E-state index contributed by atoms with van der Waals surface area (Å²) in [6.45, 7) is 5.21. The van der Waals surface area contributed by atoms with Gasteiger partial charge in [-0.3, -0.25) is 9.00 Å². The van der Waals surface area contributed by atoms with E-state index in [-0.39, 0.29) is 5.70 Å². The van der Waals surface area contributed by atoms with Gasteiger partial charge in [-0.15, -0.1) is 0 Å². The summed E-state index contributed by atoms with van der Waals surface area (Å²) in [5.74, 6) is -1.10. The fourth-order valence-corrected chi connectivity index (χ4v) is 4.81. The third-order valence-corrected chi connectivity index (χ3v) is 6.09. The second-order valence-electron chi connectivity index (χ2n) is 7.32. The fourth-order valence-electron chi connectivity index (χ4n) is 3.24. The smallest absolute Gasteiger partial charge is 0.355 e. The number of benzene rings is 1. The van der Waals surface area contributed by atoms with E-state index in [0.717, 1.165) is 0 Å². The minimum absolute atomic E-state index is 0.116. The largest absolute Gasteiger partial charge is 0.455 e. The van der Waals surface area contributed by atoms with Gasteiger partial charge in [0.2, 0.25) is 5.91 Å². The zero-order valence-electron chi connectivity index (χ0n) is 15.2. The summed E-state index contributed by atoms with van der Waals surface area (Å²) >= 11 is 0. The minimum Gasteiger partial charge on any atom is -0.455 e. The predicted molar refractivity (Wildman–Crippen MR) is 98.8 cm³/mol. The van der Waals surface area contributed by atoms with Crippen LogP contribution in [0.5, 0.6) is 0 Å². The maximum atomic E-state index is 13.0. The highest BCUT2D eigenvalue weighted by Gasteiger charge is 2.56. The number of carbonyl (C=O) groups is 2. The summed E-state index contributed by atoms with van der Waals surface area (Å²) in [4.78, 5) is 29.6. The Morgan fingerprint density at radius 1 is 1.33 bits per heavy atom. The van der Waals surface area contributed by atoms with Crippen LogP contribution in [0.4, 0.5) is 0 Å². The van der Waals surface area contributed by atoms with Gasteiger partial charge in [0.05, 0.1) is 22.1 Å². The molecule has 1 saturated heterocycles. The first-order chi connectivity index (χ1) is 12.7. The van der Waals surface area contributed by atoms with E-state index < -0.39 is 45.6 Å². The van der Waals surface area contributed by atoms with Gasteiger partial charge in [-0.05, 0) is 44.9 Å². The van der Waals surface area contributed by atoms with Crippen molar-refractivity contribution in [2.45, 2.75) is 55.0 Å². The summed E-state index contributed by atoms with van der Waals surface area (Å²) in [7, 11) is -1.43. The van der Waals surface area contributed by atoms with Crippen molar-refractivity contribution in [1.29, 1.82) is 0 Å². The van der Waals surface area contributed by atoms with Gasteiger partial charge in [0.1, 0.15) is 17.3 Å². The van der Waals surface area contributed by atoms with Crippen LogP contribution in [0.2, 0.25) is 0 Å². The Hall–Kier alpha value is -2.64. The molecule has 0 spiro atoms. The van der Waals surface area contributed by atoms with Gasteiger partial charge >= 0.3 is 5.97 Å². The molecule has 2 aliphatic rings. The first-order valence-corrected chi connectivity index (χ1v) is 9.72. The van der Waals surface area contributed by atoms with Gasteiger partial charge in [-0.25, -0.2) is 4.79 Å². The summed E-state index contributed by atoms with van der Waals surface area (Å²) in [5, 5.41) is 3.09. The lowest BCUT2D eigenvalue weighted by molar-refractivity contribution is -0.160. The number of carbonyl (C=O) groups excluding carboxylic acids is 2. The molecule has 0 saturated carbocycles. The molecule has 1 aromatic rings. The highest BCUT2D eigenvalue weighted by atomic mass is 32.2. The topological polar surface area (TPSA) is 112 Å². The molecule has 0 radical (unpaired) electrons. The zero-order valence-corrected chi connectivity index (χ0v) is 16.0. The number of hydrogen-bond acceptors (Lipinski definition) is 5. The van der Waals surface area contributed by atoms with Crippen molar-refractivity contribution >= 4 is 22.7 Å². The molecule has 2 aliphatic heterocycles. The SMILES string of the molecule is CC(C)(C)OC(=O)C1=CCC(S(=O)c2ccccc2)[C@H]2[C@H](N=[N+]=[N-])C(=O)N12. The molecule has 1 fully saturated rings. The van der Waals surface area contributed by atoms with Crippen LogP contribution in [-0.2, 0) is 25.1 Å². The van der Waals surface area contributed by atoms with E-state index in [0.29, 0.717) is 11.3 Å². The number of allylic oxidation sites excluding steroid dienone is 1. The van der Waals surface area contributed by atoms with Gasteiger partial charge in [-0.2, -0.15) is 0 Å². The fraction of sp³-hybridized carbons (Fsp3) is 0.444. The van der Waals surface area contributed by atoms with Crippen LogP contribution in [-0.4, -0.2) is 43.9 Å². The van der Waals surface area contributed by atoms with Crippen molar-refractivity contribution < 1.29 is 18.5 Å². The molecule has 3 rings (SSSR count). The van der Waals surface area contributed by atoms with Crippen molar-refractivity contribution in [3.8, 4) is 0 Å². The average molecular weight is 388 g/mol. The van der Waals surface area contributed by atoms with Gasteiger partial charge in [0.25, 0.3) is 0 Å². The van der Waals surface area contributed by atoms with Gasteiger partial charge < -0.3 is 9.64 Å². The highest BCUT2D eigenvalue weighted by Crippen LogP contribution is 2.39. The molecule has 2 heterocycles. The summed E-state index contributed by atoms with van der Waals surface area (Å²) < 4.78 is 18.4. The Morgan fingerprint density at radius 2 is 2.00 bits per heavy atom. The number of β-lactam (4-membered cyclic amide) rings is 1. The van der Waals surface area contributed by atoms with Crippen molar-refractivity contribution in [3.63, 3.8) is 0 Å². The molecule has 142 valence electrons. The number of azide groups is 1. The van der Waals surface area contributed by atoms with E-state index in [4.69, 9.17) is 10.3 Å². The second-order valence-corrected chi connectivity index (χ2v) is 9.00. The van der Waals surface area contributed by atoms with Crippen molar-refractivity contribution in [2.75, 3.05) is 0 Å². The molecular weight excluding hydrogens is 368 g/mol. The van der Waals surface area contributed by atoms with Crippen molar-refractivity contribution in [1.82, 2.24) is 4.90 Å². The van der Waals surface area contributed by atoms with E-state index in [1.807, 2.05) is 6.07 Å². The van der Waals surface area contributed by atoms with Crippen LogP contribution in [0.15, 0.2) is 52.1 Å². The van der Waals surface area contributed by atoms with E-state index >= 15 is 0 Å². The zero-order chi connectivity index (χ0) is 19.8. The van der Waals surface area contributed by atoms with Crippen LogP contribution in [0.25, 0.3) is 10.4 Å². The third-order valence-electron chi connectivity index (χ3n) is 4.33. The van der Waals surface area contributed by atoms with Gasteiger partial charge in [0, 0.05) is 9.81 Å². The molecule has 8 nitrogen and oxygen atoms in total. The van der Waals surface area contributed by atoms with Crippen molar-refractivity contribution in [2.24, 2.45) is 5.11 Å². The summed E-state index contributed by atoms with van der Waals surface area (Å²) in [5.41, 5.74) is 8.19. The predicted octanol–water partition coefficient (Wildman–Crippen LogP) is 2.68. The lowest BCUT2D eigenvalue weighted by Gasteiger charge is -2.50. The molecule has 1 aromatic carbocycles. The molecule has 2 unspecified atom stereocenters. The number of esters is 1. The molecule has 1 amide bonds. The van der Waals surface area contributed by atoms with Crippen LogP contribution < -0.4 is 0 Å². The molecule has 0 aliphatic carbocycles. The van der Waals surface area contributed by atoms with E-state index in [1.54, 1.807) is 51.1 Å². The molecule has 0 N–H and O–H groups in total. The maximum Gasteiger partial charge on any atom is 0.355 e. The highest BCUT2D eigenvalue weighted by molar-refractivity contribution is 7.85. The number of rotatable bonds is 4. The van der Waals surface area contributed by atoms with Gasteiger partial charge in [-0.1, -0.05) is 29.4 Å². The summed E-state index contributed by atoms with van der Waals surface area (Å²) in [6.07, 6.45) is 1.89. The van der Waals surface area contributed by atoms with Crippen LogP contribution in [0.3, 0.4) is 0 Å². The molecular formula is C18H20N4O4S. The standard InChI is InChI=1S/C18H20N4O4S/c1-18(2,3)26-17(24)12-9-10-13(27(25)11-7-5-4-6-8-11)15-14(20-21-19)16(23)22(12)15/h4-9,13-15H,10H2,1-3H3/t13?,14-,15-,27?/m0/s1. The lowest BCUT2D eigenvalue weighted by Crippen LogP contribution is -2.70. The van der Waals surface area contributed by atoms with Crippen LogP contribution in [0, 0.1) is 0 Å². The third kappa shape index (κ3) is 3.61. The molecule has 9 heteroatoms. The quantitative estimate of drug-likeness (QED) is 0.259. The van der Waals surface area contributed by atoms with E-state index in [1.165, 1.54) is 4.90 Å². The van der Waals surface area contributed by atoms with Gasteiger partial charge in [0.15, 0.2) is 0 Å². The number of nitrogens with zero attached hydrogens (tertiary/aromatic N) is 4.